The van der Waals surface area contributed by atoms with Gasteiger partial charge in [-0.2, -0.15) is 5.10 Å². The highest BCUT2D eigenvalue weighted by Crippen LogP contribution is 2.31. The van der Waals surface area contributed by atoms with Gasteiger partial charge in [0.2, 0.25) is 0 Å². The first kappa shape index (κ1) is 19.4. The number of hydrogen-bond donors (Lipinski definition) is 2. The molecule has 1 unspecified atom stereocenters. The minimum absolute atomic E-state index is 0. The third kappa shape index (κ3) is 4.33. The molecule has 2 N–H and O–H groups in total. The van der Waals surface area contributed by atoms with E-state index in [9.17, 15) is 8.78 Å². The van der Waals surface area contributed by atoms with Crippen LogP contribution in [0.1, 0.15) is 12.0 Å². The lowest BCUT2D eigenvalue weighted by atomic mass is 10.00. The quantitative estimate of drug-likeness (QED) is 0.695. The van der Waals surface area contributed by atoms with Crippen molar-refractivity contribution in [1.29, 1.82) is 0 Å². The van der Waals surface area contributed by atoms with Gasteiger partial charge in [-0.25, -0.2) is 18.7 Å². The van der Waals surface area contributed by atoms with Gasteiger partial charge in [-0.05, 0) is 18.4 Å². The molecule has 27 heavy (non-hydrogen) atoms. The van der Waals surface area contributed by atoms with Crippen LogP contribution in [0, 0.1) is 0 Å². The maximum absolute atomic E-state index is 14.7. The molecule has 9 heteroatoms. The van der Waals surface area contributed by atoms with Gasteiger partial charge in [-0.1, -0.05) is 30.3 Å². The monoisotopic (exact) mass is 394 g/mol. The number of halogens is 3. The Morgan fingerprint density at radius 3 is 2.81 bits per heavy atom. The van der Waals surface area contributed by atoms with Crippen molar-refractivity contribution in [3.63, 3.8) is 0 Å². The molecule has 6 nitrogen and oxygen atoms in total. The average Bonchev–Trinajstić information content (AvgIpc) is 3.12. The smallest absolute Gasteiger partial charge is 0.280 e. The summed E-state index contributed by atoms with van der Waals surface area (Å²) in [5.74, 6) is -2.44. The summed E-state index contributed by atoms with van der Waals surface area (Å²) < 4.78 is 29.4. The van der Waals surface area contributed by atoms with E-state index in [1.165, 1.54) is 11.9 Å². The van der Waals surface area contributed by atoms with Gasteiger partial charge >= 0.3 is 0 Å². The van der Waals surface area contributed by atoms with E-state index in [-0.39, 0.29) is 19.0 Å². The fraction of sp³-hybridized carbons (Fsp3) is 0.389. The Bertz CT molecular complexity index is 872. The zero-order valence-corrected chi connectivity index (χ0v) is 15.4. The number of nitrogens with zero attached hydrogens (tertiary/aromatic N) is 4. The largest absolute Gasteiger partial charge is 0.360 e. The standard InChI is InChI=1S/C18H20F2N6.ClH/c19-18(20)11-26(8-6-13-4-2-1-3-5-13)9-7-15(18)24-16-14-10-23-25-17(14)22-12-21-16;/h1-5,10,12,15H,6-9,11H2,(H2,21,22,23,24,25);1H. The summed E-state index contributed by atoms with van der Waals surface area (Å²) in [5, 5.41) is 10.1. The number of fused-ring (bicyclic) bond motifs is 1. The first-order chi connectivity index (χ1) is 12.6. The van der Waals surface area contributed by atoms with Gasteiger partial charge in [-0.15, -0.1) is 12.4 Å². The number of likely N-dealkylation sites (tertiary alicyclic amines) is 1. The zero-order chi connectivity index (χ0) is 18.0. The second-order valence-electron chi connectivity index (χ2n) is 6.61. The van der Waals surface area contributed by atoms with Crippen LogP contribution in [-0.2, 0) is 6.42 Å². The summed E-state index contributed by atoms with van der Waals surface area (Å²) in [6, 6.07) is 8.99. The zero-order valence-electron chi connectivity index (χ0n) is 14.6. The van der Waals surface area contributed by atoms with Gasteiger partial charge in [0.25, 0.3) is 5.92 Å². The Labute approximate surface area is 161 Å². The second-order valence-corrected chi connectivity index (χ2v) is 6.61. The number of piperidine rings is 1. The van der Waals surface area contributed by atoms with Crippen LogP contribution < -0.4 is 5.32 Å². The maximum atomic E-state index is 14.7. The molecule has 1 atom stereocenters. The molecule has 1 aliphatic heterocycles. The van der Waals surface area contributed by atoms with Gasteiger partial charge in [0, 0.05) is 13.1 Å². The van der Waals surface area contributed by atoms with E-state index in [2.05, 4.69) is 25.5 Å². The van der Waals surface area contributed by atoms with Crippen molar-refractivity contribution in [2.45, 2.75) is 24.8 Å². The van der Waals surface area contributed by atoms with Crippen LogP contribution in [-0.4, -0.2) is 56.7 Å². The molecule has 0 aliphatic carbocycles. The molecule has 144 valence electrons. The molecular formula is C18H21ClF2N6. The number of benzene rings is 1. The Balaban J connectivity index is 0.00000210. The number of H-pyrrole nitrogens is 1. The summed E-state index contributed by atoms with van der Waals surface area (Å²) in [7, 11) is 0. The van der Waals surface area contributed by atoms with Crippen LogP contribution in [0.25, 0.3) is 11.0 Å². The Morgan fingerprint density at radius 1 is 1.22 bits per heavy atom. The summed E-state index contributed by atoms with van der Waals surface area (Å²) in [6.45, 7) is 1.00. The molecule has 4 rings (SSSR count). The van der Waals surface area contributed by atoms with Crippen molar-refractivity contribution >= 4 is 29.3 Å². The molecule has 0 saturated carbocycles. The topological polar surface area (TPSA) is 69.7 Å². The highest BCUT2D eigenvalue weighted by molar-refractivity contribution is 5.86. The number of aromatic nitrogens is 4. The Kier molecular flexibility index (Phi) is 5.86. The molecule has 1 aliphatic rings. The SMILES string of the molecule is Cl.FC1(F)CN(CCc2ccccc2)CCC1Nc1ncnc2[nH]ncc12. The highest BCUT2D eigenvalue weighted by atomic mass is 35.5. The van der Waals surface area contributed by atoms with Crippen LogP contribution in [0.3, 0.4) is 0 Å². The Hall–Kier alpha value is -2.32. The van der Waals surface area contributed by atoms with Gasteiger partial charge in [0.05, 0.1) is 24.2 Å². The lowest BCUT2D eigenvalue weighted by Gasteiger charge is -2.38. The minimum atomic E-state index is -2.84. The highest BCUT2D eigenvalue weighted by Gasteiger charge is 2.44. The van der Waals surface area contributed by atoms with Crippen molar-refractivity contribution in [2.24, 2.45) is 0 Å². The summed E-state index contributed by atoms with van der Waals surface area (Å²) >= 11 is 0. The van der Waals surface area contributed by atoms with Crippen LogP contribution >= 0.6 is 12.4 Å². The summed E-state index contributed by atoms with van der Waals surface area (Å²) in [5.41, 5.74) is 1.70. The van der Waals surface area contributed by atoms with E-state index in [0.29, 0.717) is 36.4 Å². The van der Waals surface area contributed by atoms with Crippen molar-refractivity contribution in [3.05, 3.63) is 48.4 Å². The molecule has 0 spiro atoms. The van der Waals surface area contributed by atoms with Crippen molar-refractivity contribution in [3.8, 4) is 0 Å². The summed E-state index contributed by atoms with van der Waals surface area (Å²) in [4.78, 5) is 9.97. The minimum Gasteiger partial charge on any atom is -0.360 e. The molecule has 1 aromatic carbocycles. The van der Waals surface area contributed by atoms with Gasteiger partial charge in [0.1, 0.15) is 12.1 Å². The fourth-order valence-corrected chi connectivity index (χ4v) is 3.36. The molecule has 3 aromatic rings. The fourth-order valence-electron chi connectivity index (χ4n) is 3.36. The number of alkyl halides is 2. The summed E-state index contributed by atoms with van der Waals surface area (Å²) in [6.07, 6.45) is 4.02. The first-order valence-corrected chi connectivity index (χ1v) is 8.66. The van der Waals surface area contributed by atoms with Gasteiger partial charge in [0.15, 0.2) is 5.65 Å². The number of nitrogens with one attached hydrogen (secondary N) is 2. The van der Waals surface area contributed by atoms with Crippen molar-refractivity contribution in [2.75, 3.05) is 25.0 Å². The number of rotatable bonds is 5. The molecule has 0 radical (unpaired) electrons. The molecule has 0 bridgehead atoms. The van der Waals surface area contributed by atoms with Crippen LogP contribution in [0.2, 0.25) is 0 Å². The van der Waals surface area contributed by atoms with Gasteiger partial charge in [-0.3, -0.25) is 10.00 Å². The lowest BCUT2D eigenvalue weighted by Crippen LogP contribution is -2.54. The molecule has 0 amide bonds. The average molecular weight is 395 g/mol. The van der Waals surface area contributed by atoms with Crippen molar-refractivity contribution < 1.29 is 8.78 Å². The predicted octanol–water partition coefficient (Wildman–Crippen LogP) is 3.14. The first-order valence-electron chi connectivity index (χ1n) is 8.66. The Morgan fingerprint density at radius 2 is 2.04 bits per heavy atom. The maximum Gasteiger partial charge on any atom is 0.280 e. The molecule has 2 aromatic heterocycles. The van der Waals surface area contributed by atoms with Crippen LogP contribution in [0.5, 0.6) is 0 Å². The third-order valence-corrected chi connectivity index (χ3v) is 4.80. The van der Waals surface area contributed by atoms with E-state index in [0.717, 1.165) is 6.42 Å². The van der Waals surface area contributed by atoms with E-state index < -0.39 is 12.0 Å². The van der Waals surface area contributed by atoms with Crippen molar-refractivity contribution in [1.82, 2.24) is 25.1 Å². The van der Waals surface area contributed by atoms with E-state index in [1.807, 2.05) is 35.2 Å². The third-order valence-electron chi connectivity index (χ3n) is 4.80. The van der Waals surface area contributed by atoms with Gasteiger partial charge < -0.3 is 5.32 Å². The second kappa shape index (κ2) is 8.14. The predicted molar refractivity (Wildman–Crippen MR) is 102 cm³/mol. The number of anilines is 1. The van der Waals surface area contributed by atoms with E-state index >= 15 is 0 Å². The van der Waals surface area contributed by atoms with E-state index in [4.69, 9.17) is 0 Å². The number of aromatic amines is 1. The number of hydrogen-bond acceptors (Lipinski definition) is 5. The normalized spacial score (nSPS) is 19.6. The lowest BCUT2D eigenvalue weighted by molar-refractivity contribution is -0.0734. The molecular weight excluding hydrogens is 374 g/mol. The molecule has 3 heterocycles. The van der Waals surface area contributed by atoms with Crippen LogP contribution in [0.15, 0.2) is 42.9 Å². The molecule has 1 saturated heterocycles. The van der Waals surface area contributed by atoms with E-state index in [1.54, 1.807) is 6.20 Å². The molecule has 1 fully saturated rings. The van der Waals surface area contributed by atoms with Crippen LogP contribution in [0.4, 0.5) is 14.6 Å².